The zero-order chi connectivity index (χ0) is 17.5. The molecular formula is C21H26N2O2. The van der Waals surface area contributed by atoms with Crippen LogP contribution in [-0.4, -0.2) is 18.6 Å². The van der Waals surface area contributed by atoms with Crippen molar-refractivity contribution in [3.05, 3.63) is 59.7 Å². The van der Waals surface area contributed by atoms with Crippen LogP contribution in [0.2, 0.25) is 0 Å². The van der Waals surface area contributed by atoms with Crippen molar-refractivity contribution in [1.29, 1.82) is 0 Å². The number of carbonyl (C=O) groups excluding carboxylic acids is 1. The molecule has 0 saturated heterocycles. The van der Waals surface area contributed by atoms with E-state index in [0.29, 0.717) is 6.04 Å². The Morgan fingerprint density at radius 2 is 1.80 bits per heavy atom. The lowest BCUT2D eigenvalue weighted by molar-refractivity contribution is -0.118. The van der Waals surface area contributed by atoms with Crippen LogP contribution < -0.4 is 15.4 Å². The highest BCUT2D eigenvalue weighted by Crippen LogP contribution is 2.21. The van der Waals surface area contributed by atoms with E-state index in [2.05, 4.69) is 16.7 Å². The number of amides is 1. The lowest BCUT2D eigenvalue weighted by Crippen LogP contribution is -2.26. The summed E-state index contributed by atoms with van der Waals surface area (Å²) in [4.78, 5) is 12.1. The Hall–Kier alpha value is -2.33. The summed E-state index contributed by atoms with van der Waals surface area (Å²) in [6.45, 7) is 2.81. The van der Waals surface area contributed by atoms with Crippen molar-refractivity contribution >= 4 is 11.6 Å². The Morgan fingerprint density at radius 1 is 1.08 bits per heavy atom. The summed E-state index contributed by atoms with van der Waals surface area (Å²) in [6, 6.07) is 16.3. The number of ether oxygens (including phenoxy) is 1. The molecule has 2 aromatic carbocycles. The summed E-state index contributed by atoms with van der Waals surface area (Å²) in [5.74, 6) is 0.620. The minimum absolute atomic E-state index is 0.00825. The zero-order valence-corrected chi connectivity index (χ0v) is 14.8. The van der Waals surface area contributed by atoms with Gasteiger partial charge in [0.2, 0.25) is 0 Å². The third-order valence-corrected chi connectivity index (χ3v) is 4.60. The predicted octanol–water partition coefficient (Wildman–Crippen LogP) is 4.04. The second kappa shape index (κ2) is 8.67. The van der Waals surface area contributed by atoms with E-state index in [0.717, 1.165) is 29.1 Å². The molecule has 0 aromatic heterocycles. The van der Waals surface area contributed by atoms with Gasteiger partial charge < -0.3 is 15.4 Å². The first-order valence-electron chi connectivity index (χ1n) is 9.01. The van der Waals surface area contributed by atoms with Gasteiger partial charge in [0.05, 0.1) is 0 Å². The molecule has 1 saturated carbocycles. The molecular weight excluding hydrogens is 312 g/mol. The van der Waals surface area contributed by atoms with Crippen LogP contribution in [0.25, 0.3) is 0 Å². The summed E-state index contributed by atoms with van der Waals surface area (Å²) >= 11 is 0. The Kier molecular flexibility index (Phi) is 6.07. The van der Waals surface area contributed by atoms with Gasteiger partial charge in [0.25, 0.3) is 5.91 Å². The highest BCUT2D eigenvalue weighted by atomic mass is 16.5. The van der Waals surface area contributed by atoms with Gasteiger partial charge in [-0.05, 0) is 38.0 Å². The fourth-order valence-electron chi connectivity index (χ4n) is 3.15. The maximum Gasteiger partial charge on any atom is 0.262 e. The minimum Gasteiger partial charge on any atom is -0.483 e. The molecule has 1 amide bonds. The SMILES string of the molecule is Cc1ccc(NC(=O)COc2ccccc2CNC2CCCC2)cc1. The maximum absolute atomic E-state index is 12.1. The van der Waals surface area contributed by atoms with E-state index in [1.165, 1.54) is 25.7 Å². The molecule has 1 aliphatic carbocycles. The van der Waals surface area contributed by atoms with Gasteiger partial charge >= 0.3 is 0 Å². The van der Waals surface area contributed by atoms with E-state index in [1.807, 2.05) is 49.4 Å². The number of hydrogen-bond donors (Lipinski definition) is 2. The highest BCUT2D eigenvalue weighted by Gasteiger charge is 2.15. The quantitative estimate of drug-likeness (QED) is 0.801. The third-order valence-electron chi connectivity index (χ3n) is 4.60. The Morgan fingerprint density at radius 3 is 2.56 bits per heavy atom. The number of nitrogens with one attached hydrogen (secondary N) is 2. The summed E-state index contributed by atoms with van der Waals surface area (Å²) in [7, 11) is 0. The number of rotatable bonds is 7. The molecule has 0 bridgehead atoms. The number of carbonyl (C=O) groups is 1. The summed E-state index contributed by atoms with van der Waals surface area (Å²) in [6.07, 6.45) is 5.13. The average molecular weight is 338 g/mol. The van der Waals surface area contributed by atoms with Gasteiger partial charge in [0.1, 0.15) is 5.75 Å². The molecule has 0 unspecified atom stereocenters. The van der Waals surface area contributed by atoms with Gasteiger partial charge in [-0.15, -0.1) is 0 Å². The second-order valence-corrected chi connectivity index (χ2v) is 6.67. The molecule has 0 aliphatic heterocycles. The molecule has 2 aromatic rings. The van der Waals surface area contributed by atoms with Crippen molar-refractivity contribution in [1.82, 2.24) is 5.32 Å². The topological polar surface area (TPSA) is 50.4 Å². The molecule has 0 heterocycles. The minimum atomic E-state index is -0.151. The van der Waals surface area contributed by atoms with Crippen molar-refractivity contribution in [3.8, 4) is 5.75 Å². The van der Waals surface area contributed by atoms with Crippen LogP contribution in [0.4, 0.5) is 5.69 Å². The first kappa shape index (κ1) is 17.5. The smallest absolute Gasteiger partial charge is 0.262 e. The first-order chi connectivity index (χ1) is 12.2. The maximum atomic E-state index is 12.1. The van der Waals surface area contributed by atoms with Gasteiger partial charge in [-0.2, -0.15) is 0 Å². The third kappa shape index (κ3) is 5.33. The Balaban J connectivity index is 1.51. The molecule has 4 nitrogen and oxygen atoms in total. The van der Waals surface area contributed by atoms with Gasteiger partial charge in [-0.3, -0.25) is 4.79 Å². The number of benzene rings is 2. The van der Waals surface area contributed by atoms with Crippen LogP contribution >= 0.6 is 0 Å². The zero-order valence-electron chi connectivity index (χ0n) is 14.8. The number of hydrogen-bond acceptors (Lipinski definition) is 3. The van der Waals surface area contributed by atoms with Crippen molar-refractivity contribution < 1.29 is 9.53 Å². The molecule has 132 valence electrons. The fourth-order valence-corrected chi connectivity index (χ4v) is 3.15. The highest BCUT2D eigenvalue weighted by molar-refractivity contribution is 5.91. The summed E-state index contributed by atoms with van der Waals surface area (Å²) < 4.78 is 5.76. The fraction of sp³-hybridized carbons (Fsp3) is 0.381. The van der Waals surface area contributed by atoms with Crippen LogP contribution in [0.15, 0.2) is 48.5 Å². The lowest BCUT2D eigenvalue weighted by Gasteiger charge is -2.15. The molecule has 3 rings (SSSR count). The van der Waals surface area contributed by atoms with Crippen LogP contribution in [-0.2, 0) is 11.3 Å². The summed E-state index contributed by atoms with van der Waals surface area (Å²) in [5.41, 5.74) is 3.05. The van der Waals surface area contributed by atoms with Crippen molar-refractivity contribution in [2.24, 2.45) is 0 Å². The first-order valence-corrected chi connectivity index (χ1v) is 9.01. The molecule has 2 N–H and O–H groups in total. The van der Waals surface area contributed by atoms with E-state index in [1.54, 1.807) is 0 Å². The molecule has 0 radical (unpaired) electrons. The van der Waals surface area contributed by atoms with Crippen molar-refractivity contribution in [3.63, 3.8) is 0 Å². The van der Waals surface area contributed by atoms with Gasteiger partial charge in [-0.1, -0.05) is 48.7 Å². The number of aryl methyl sites for hydroxylation is 1. The Bertz CT molecular complexity index is 691. The standard InChI is InChI=1S/C21H26N2O2/c1-16-10-12-19(13-11-16)23-21(24)15-25-20-9-5-2-6-17(20)14-22-18-7-3-4-8-18/h2,5-6,9-13,18,22H,3-4,7-8,14-15H2,1H3,(H,23,24). The van der Waals surface area contributed by atoms with Crippen LogP contribution in [0.3, 0.4) is 0 Å². The second-order valence-electron chi connectivity index (χ2n) is 6.67. The average Bonchev–Trinajstić information content (AvgIpc) is 3.14. The van der Waals surface area contributed by atoms with Crippen LogP contribution in [0.1, 0.15) is 36.8 Å². The molecule has 1 aliphatic rings. The normalized spacial score (nSPS) is 14.4. The molecule has 1 fully saturated rings. The van der Waals surface area contributed by atoms with Crippen LogP contribution in [0, 0.1) is 6.92 Å². The molecule has 25 heavy (non-hydrogen) atoms. The van der Waals surface area contributed by atoms with Gasteiger partial charge in [0, 0.05) is 23.8 Å². The molecule has 0 spiro atoms. The van der Waals surface area contributed by atoms with Gasteiger partial charge in [0.15, 0.2) is 6.61 Å². The van der Waals surface area contributed by atoms with E-state index in [4.69, 9.17) is 4.74 Å². The van der Waals surface area contributed by atoms with Crippen LogP contribution in [0.5, 0.6) is 5.75 Å². The van der Waals surface area contributed by atoms with Crippen molar-refractivity contribution in [2.75, 3.05) is 11.9 Å². The largest absolute Gasteiger partial charge is 0.483 e. The Labute approximate surface area is 149 Å². The monoisotopic (exact) mass is 338 g/mol. The summed E-state index contributed by atoms with van der Waals surface area (Å²) in [5, 5.41) is 6.45. The predicted molar refractivity (Wildman–Crippen MR) is 101 cm³/mol. The lowest BCUT2D eigenvalue weighted by atomic mass is 10.1. The van der Waals surface area contributed by atoms with E-state index >= 15 is 0 Å². The molecule has 4 heteroatoms. The van der Waals surface area contributed by atoms with E-state index in [-0.39, 0.29) is 12.5 Å². The van der Waals surface area contributed by atoms with E-state index in [9.17, 15) is 4.79 Å². The number of anilines is 1. The van der Waals surface area contributed by atoms with E-state index < -0.39 is 0 Å². The molecule has 0 atom stereocenters. The van der Waals surface area contributed by atoms with Crippen molar-refractivity contribution in [2.45, 2.75) is 45.2 Å². The number of para-hydroxylation sites is 1. The van der Waals surface area contributed by atoms with Gasteiger partial charge in [-0.25, -0.2) is 0 Å².